The van der Waals surface area contributed by atoms with Crippen molar-refractivity contribution in [3.05, 3.63) is 17.8 Å². The summed E-state index contributed by atoms with van der Waals surface area (Å²) in [7, 11) is 1.61. The SMILES string of the molecule is CNC(=O)c1c(OC2CC2)ccnc1SC. The van der Waals surface area contributed by atoms with Crippen LogP contribution < -0.4 is 10.1 Å². The Bertz CT molecular complexity index is 405. The van der Waals surface area contributed by atoms with Crippen LogP contribution in [0.25, 0.3) is 0 Å². The van der Waals surface area contributed by atoms with Gasteiger partial charge in [0.15, 0.2) is 0 Å². The molecule has 0 aliphatic heterocycles. The Morgan fingerprint density at radius 2 is 2.38 bits per heavy atom. The number of nitrogens with zero attached hydrogens (tertiary/aromatic N) is 1. The number of amides is 1. The summed E-state index contributed by atoms with van der Waals surface area (Å²) in [6.07, 6.45) is 6.00. The minimum Gasteiger partial charge on any atom is -0.489 e. The molecule has 0 atom stereocenters. The number of carbonyl (C=O) groups is 1. The van der Waals surface area contributed by atoms with Gasteiger partial charge >= 0.3 is 0 Å². The summed E-state index contributed by atoms with van der Waals surface area (Å²) in [4.78, 5) is 15.9. The number of aromatic nitrogens is 1. The first kappa shape index (κ1) is 11.3. The highest BCUT2D eigenvalue weighted by Gasteiger charge is 2.26. The van der Waals surface area contributed by atoms with Crippen LogP contribution in [-0.4, -0.2) is 30.3 Å². The lowest BCUT2D eigenvalue weighted by Gasteiger charge is -2.11. The minimum atomic E-state index is -0.145. The van der Waals surface area contributed by atoms with Gasteiger partial charge in [0, 0.05) is 13.2 Å². The summed E-state index contributed by atoms with van der Waals surface area (Å²) in [5, 5.41) is 3.32. The standard InChI is InChI=1S/C11H14N2O2S/c1-12-10(14)9-8(15-7-3-4-7)5-6-13-11(9)16-2/h5-7H,3-4H2,1-2H3,(H,12,14). The Hall–Kier alpha value is -1.23. The van der Waals surface area contributed by atoms with Gasteiger partial charge in [0.05, 0.1) is 6.10 Å². The molecule has 86 valence electrons. The molecule has 0 bridgehead atoms. The van der Waals surface area contributed by atoms with Crippen LogP contribution in [0.4, 0.5) is 0 Å². The fourth-order valence-electron chi connectivity index (χ4n) is 1.38. The summed E-state index contributed by atoms with van der Waals surface area (Å²) in [5.74, 6) is 0.495. The van der Waals surface area contributed by atoms with Gasteiger partial charge < -0.3 is 10.1 Å². The highest BCUT2D eigenvalue weighted by molar-refractivity contribution is 7.98. The first-order chi connectivity index (χ1) is 7.76. The second-order valence-corrected chi connectivity index (χ2v) is 4.38. The number of pyridine rings is 1. The lowest BCUT2D eigenvalue weighted by Crippen LogP contribution is -2.20. The third-order valence-corrected chi connectivity index (χ3v) is 3.04. The normalized spacial score (nSPS) is 14.6. The van der Waals surface area contributed by atoms with Gasteiger partial charge in [0.1, 0.15) is 16.3 Å². The molecule has 1 fully saturated rings. The maximum atomic E-state index is 11.8. The number of ether oxygens (including phenoxy) is 1. The predicted octanol–water partition coefficient (Wildman–Crippen LogP) is 1.70. The van der Waals surface area contributed by atoms with E-state index in [9.17, 15) is 4.79 Å². The Kier molecular flexibility index (Phi) is 3.33. The smallest absolute Gasteiger partial charge is 0.257 e. The monoisotopic (exact) mass is 238 g/mol. The van der Waals surface area contributed by atoms with Crippen molar-refractivity contribution in [1.29, 1.82) is 0 Å². The fraction of sp³-hybridized carbons (Fsp3) is 0.455. The van der Waals surface area contributed by atoms with Gasteiger partial charge in [-0.25, -0.2) is 4.98 Å². The van der Waals surface area contributed by atoms with E-state index in [-0.39, 0.29) is 12.0 Å². The van der Waals surface area contributed by atoms with Crippen LogP contribution in [0.1, 0.15) is 23.2 Å². The molecule has 2 rings (SSSR count). The molecule has 1 heterocycles. The highest BCUT2D eigenvalue weighted by Crippen LogP contribution is 2.32. The molecule has 0 saturated heterocycles. The van der Waals surface area contributed by atoms with Gasteiger partial charge in [0.25, 0.3) is 5.91 Å². The van der Waals surface area contributed by atoms with Crippen molar-refractivity contribution >= 4 is 17.7 Å². The van der Waals surface area contributed by atoms with Crippen molar-refractivity contribution in [2.24, 2.45) is 0 Å². The van der Waals surface area contributed by atoms with E-state index < -0.39 is 0 Å². The van der Waals surface area contributed by atoms with Crippen molar-refractivity contribution in [1.82, 2.24) is 10.3 Å². The largest absolute Gasteiger partial charge is 0.489 e. The fourth-order valence-corrected chi connectivity index (χ4v) is 1.94. The van der Waals surface area contributed by atoms with E-state index in [0.717, 1.165) is 12.8 Å². The highest BCUT2D eigenvalue weighted by atomic mass is 32.2. The van der Waals surface area contributed by atoms with Crippen LogP contribution >= 0.6 is 11.8 Å². The molecular weight excluding hydrogens is 224 g/mol. The first-order valence-electron chi connectivity index (χ1n) is 5.18. The van der Waals surface area contributed by atoms with Crippen LogP contribution in [0.5, 0.6) is 5.75 Å². The van der Waals surface area contributed by atoms with Crippen LogP contribution in [0, 0.1) is 0 Å². The number of thioether (sulfide) groups is 1. The van der Waals surface area contributed by atoms with Crippen molar-refractivity contribution in [3.63, 3.8) is 0 Å². The van der Waals surface area contributed by atoms with Gasteiger partial charge in [-0.2, -0.15) is 0 Å². The summed E-state index contributed by atoms with van der Waals surface area (Å²) in [6, 6.07) is 1.75. The van der Waals surface area contributed by atoms with E-state index in [1.165, 1.54) is 11.8 Å². The second kappa shape index (κ2) is 4.74. The molecule has 0 unspecified atom stereocenters. The number of rotatable bonds is 4. The maximum Gasteiger partial charge on any atom is 0.257 e. The van der Waals surface area contributed by atoms with E-state index in [1.54, 1.807) is 19.3 Å². The zero-order valence-corrected chi connectivity index (χ0v) is 10.1. The molecular formula is C11H14N2O2S. The Morgan fingerprint density at radius 1 is 1.62 bits per heavy atom. The zero-order chi connectivity index (χ0) is 11.5. The molecule has 0 spiro atoms. The summed E-state index contributed by atoms with van der Waals surface area (Å²) in [5.41, 5.74) is 0.546. The lowest BCUT2D eigenvalue weighted by atomic mass is 10.2. The Morgan fingerprint density at radius 3 is 2.94 bits per heavy atom. The average molecular weight is 238 g/mol. The molecule has 1 aliphatic carbocycles. The van der Waals surface area contributed by atoms with Crippen LogP contribution in [0.3, 0.4) is 0 Å². The third kappa shape index (κ3) is 2.29. The van der Waals surface area contributed by atoms with E-state index in [0.29, 0.717) is 16.3 Å². The van der Waals surface area contributed by atoms with Crippen molar-refractivity contribution in [2.45, 2.75) is 24.0 Å². The molecule has 1 N–H and O–H groups in total. The molecule has 1 amide bonds. The number of carbonyl (C=O) groups excluding carboxylic acids is 1. The maximum absolute atomic E-state index is 11.8. The van der Waals surface area contributed by atoms with Crippen molar-refractivity contribution < 1.29 is 9.53 Å². The molecule has 5 heteroatoms. The summed E-state index contributed by atoms with van der Waals surface area (Å²) < 4.78 is 5.71. The molecule has 1 aromatic rings. The van der Waals surface area contributed by atoms with Gasteiger partial charge in [0.2, 0.25) is 0 Å². The predicted molar refractivity (Wildman–Crippen MR) is 63.1 cm³/mol. The zero-order valence-electron chi connectivity index (χ0n) is 9.32. The van der Waals surface area contributed by atoms with Crippen LogP contribution in [0.15, 0.2) is 17.3 Å². The topological polar surface area (TPSA) is 51.2 Å². The molecule has 1 saturated carbocycles. The number of nitrogens with one attached hydrogen (secondary N) is 1. The molecule has 1 aromatic heterocycles. The van der Waals surface area contributed by atoms with Crippen molar-refractivity contribution in [3.8, 4) is 5.75 Å². The van der Waals surface area contributed by atoms with Crippen LogP contribution in [-0.2, 0) is 0 Å². The third-order valence-electron chi connectivity index (χ3n) is 2.34. The average Bonchev–Trinajstić information content (AvgIpc) is 3.11. The van der Waals surface area contributed by atoms with E-state index >= 15 is 0 Å². The van der Waals surface area contributed by atoms with E-state index in [1.807, 2.05) is 6.26 Å². The first-order valence-corrected chi connectivity index (χ1v) is 6.40. The molecule has 0 aromatic carbocycles. The van der Waals surface area contributed by atoms with Crippen LogP contribution in [0.2, 0.25) is 0 Å². The number of hydrogen-bond acceptors (Lipinski definition) is 4. The van der Waals surface area contributed by atoms with E-state index in [2.05, 4.69) is 10.3 Å². The summed E-state index contributed by atoms with van der Waals surface area (Å²) in [6.45, 7) is 0. The van der Waals surface area contributed by atoms with Gasteiger partial charge in [-0.3, -0.25) is 4.79 Å². The van der Waals surface area contributed by atoms with Gasteiger partial charge in [-0.05, 0) is 25.2 Å². The van der Waals surface area contributed by atoms with Gasteiger partial charge in [-0.15, -0.1) is 11.8 Å². The van der Waals surface area contributed by atoms with Gasteiger partial charge in [-0.1, -0.05) is 0 Å². The molecule has 4 nitrogen and oxygen atoms in total. The quantitative estimate of drug-likeness (QED) is 0.811. The molecule has 16 heavy (non-hydrogen) atoms. The summed E-state index contributed by atoms with van der Waals surface area (Å²) >= 11 is 1.45. The van der Waals surface area contributed by atoms with Crippen molar-refractivity contribution in [2.75, 3.05) is 13.3 Å². The molecule has 0 radical (unpaired) electrons. The molecule has 1 aliphatic rings. The second-order valence-electron chi connectivity index (χ2n) is 3.59. The minimum absolute atomic E-state index is 0.145. The number of hydrogen-bond donors (Lipinski definition) is 1. The Balaban J connectivity index is 2.36. The van der Waals surface area contributed by atoms with E-state index in [4.69, 9.17) is 4.74 Å². The lowest BCUT2D eigenvalue weighted by molar-refractivity contribution is 0.0954. The Labute approximate surface area is 98.8 Å².